The molecule has 2 saturated carbocycles. The molecule has 1 saturated heterocycles. The maximum atomic E-state index is 12.6. The number of amides is 2. The van der Waals surface area contributed by atoms with Crippen LogP contribution in [0.3, 0.4) is 0 Å². The highest BCUT2D eigenvalue weighted by atomic mass is 16.2. The van der Waals surface area contributed by atoms with Crippen molar-refractivity contribution in [2.75, 3.05) is 32.1 Å². The van der Waals surface area contributed by atoms with Gasteiger partial charge in [0.05, 0.1) is 0 Å². The van der Waals surface area contributed by atoms with Crippen LogP contribution >= 0.6 is 0 Å². The van der Waals surface area contributed by atoms with Gasteiger partial charge in [-0.25, -0.2) is 0 Å². The van der Waals surface area contributed by atoms with Crippen molar-refractivity contribution in [2.45, 2.75) is 63.1 Å². The molecule has 3 fully saturated rings. The van der Waals surface area contributed by atoms with Crippen LogP contribution in [0.5, 0.6) is 0 Å². The molecule has 2 N–H and O–H groups in total. The summed E-state index contributed by atoms with van der Waals surface area (Å²) in [7, 11) is 3.98. The molecular formula is C23H34N4O2. The largest absolute Gasteiger partial charge is 0.378 e. The topological polar surface area (TPSA) is 64.7 Å². The van der Waals surface area contributed by atoms with Crippen LogP contribution in [0.1, 0.15) is 55.3 Å². The molecule has 2 atom stereocenters. The normalized spacial score (nSPS) is 24.3. The fraction of sp³-hybridized carbons (Fsp3) is 0.652. The van der Waals surface area contributed by atoms with Gasteiger partial charge in [0.15, 0.2) is 0 Å². The van der Waals surface area contributed by atoms with E-state index in [0.29, 0.717) is 36.7 Å². The number of carbonyl (C=O) groups is 2. The summed E-state index contributed by atoms with van der Waals surface area (Å²) in [5.41, 5.74) is 1.78. The summed E-state index contributed by atoms with van der Waals surface area (Å²) in [6.07, 6.45) is 7.55. The van der Waals surface area contributed by atoms with Crippen LogP contribution in [0, 0.1) is 5.92 Å². The van der Waals surface area contributed by atoms with Gasteiger partial charge in [-0.15, -0.1) is 0 Å². The molecule has 1 heterocycles. The zero-order valence-electron chi connectivity index (χ0n) is 17.7. The molecule has 29 heavy (non-hydrogen) atoms. The third kappa shape index (κ3) is 5.50. The van der Waals surface area contributed by atoms with Gasteiger partial charge >= 0.3 is 0 Å². The SMILES string of the molecule is CN(C)c1ccc(C(=O)NC[C@@H]2CC[C@H](CC(=O)NC3CC3)N2CC2CC2)cc1. The number of nitrogens with zero attached hydrogens (tertiary/aromatic N) is 2. The van der Waals surface area contributed by atoms with Gasteiger partial charge in [-0.05, 0) is 68.7 Å². The first-order valence-corrected chi connectivity index (χ1v) is 11.1. The van der Waals surface area contributed by atoms with Crippen LogP contribution in [0.15, 0.2) is 24.3 Å². The van der Waals surface area contributed by atoms with Crippen molar-refractivity contribution in [3.8, 4) is 0 Å². The van der Waals surface area contributed by atoms with Gasteiger partial charge in [0.2, 0.25) is 5.91 Å². The van der Waals surface area contributed by atoms with Crippen LogP contribution in [0.25, 0.3) is 0 Å². The Morgan fingerprint density at radius 1 is 1.00 bits per heavy atom. The van der Waals surface area contributed by atoms with Crippen molar-refractivity contribution in [2.24, 2.45) is 5.92 Å². The fourth-order valence-electron chi connectivity index (χ4n) is 4.30. The van der Waals surface area contributed by atoms with E-state index in [1.165, 1.54) is 12.8 Å². The van der Waals surface area contributed by atoms with E-state index in [9.17, 15) is 9.59 Å². The highest BCUT2D eigenvalue weighted by molar-refractivity contribution is 5.94. The van der Waals surface area contributed by atoms with Gasteiger partial charge in [0, 0.05) is 63.0 Å². The van der Waals surface area contributed by atoms with Crippen molar-refractivity contribution in [1.29, 1.82) is 0 Å². The summed E-state index contributed by atoms with van der Waals surface area (Å²) >= 11 is 0. The third-order valence-electron chi connectivity index (χ3n) is 6.44. The highest BCUT2D eigenvalue weighted by Crippen LogP contribution is 2.35. The maximum Gasteiger partial charge on any atom is 0.251 e. The molecule has 0 radical (unpaired) electrons. The molecule has 4 rings (SSSR count). The quantitative estimate of drug-likeness (QED) is 0.670. The molecular weight excluding hydrogens is 364 g/mol. The summed E-state index contributed by atoms with van der Waals surface area (Å²) in [4.78, 5) is 29.5. The van der Waals surface area contributed by atoms with E-state index in [-0.39, 0.29) is 11.8 Å². The van der Waals surface area contributed by atoms with Crippen LogP contribution in [-0.4, -0.2) is 62.0 Å². The number of hydrogen-bond donors (Lipinski definition) is 2. The van der Waals surface area contributed by atoms with Crippen molar-refractivity contribution in [3.05, 3.63) is 29.8 Å². The van der Waals surface area contributed by atoms with E-state index >= 15 is 0 Å². The lowest BCUT2D eigenvalue weighted by molar-refractivity contribution is -0.122. The first-order valence-electron chi connectivity index (χ1n) is 11.1. The van der Waals surface area contributed by atoms with Crippen molar-refractivity contribution in [3.63, 3.8) is 0 Å². The minimum absolute atomic E-state index is 0.0170. The Morgan fingerprint density at radius 3 is 2.31 bits per heavy atom. The van der Waals surface area contributed by atoms with E-state index in [1.807, 2.05) is 43.3 Å². The summed E-state index contributed by atoms with van der Waals surface area (Å²) in [5, 5.41) is 6.26. The predicted octanol–water partition coefficient (Wildman–Crippen LogP) is 2.39. The summed E-state index contributed by atoms with van der Waals surface area (Å²) < 4.78 is 0. The standard InChI is InChI=1S/C23H34N4O2/c1-26(2)19-9-5-17(6-10-19)23(29)24-14-21-12-11-20(27(21)15-16-3-4-16)13-22(28)25-18-7-8-18/h5-6,9-10,16,18,20-21H,3-4,7-8,11-15H2,1-2H3,(H,24,29)(H,25,28)/t20-,21+/m1/s1. The van der Waals surface area contributed by atoms with Crippen LogP contribution < -0.4 is 15.5 Å². The zero-order valence-corrected chi connectivity index (χ0v) is 17.7. The molecule has 6 nitrogen and oxygen atoms in total. The molecule has 6 heteroatoms. The Balaban J connectivity index is 1.31. The first kappa shape index (κ1) is 20.2. The van der Waals surface area contributed by atoms with Gasteiger partial charge in [-0.1, -0.05) is 0 Å². The van der Waals surface area contributed by atoms with Crippen molar-refractivity contribution in [1.82, 2.24) is 15.5 Å². The minimum atomic E-state index is -0.0170. The van der Waals surface area contributed by atoms with E-state index < -0.39 is 0 Å². The number of anilines is 1. The number of carbonyl (C=O) groups excluding carboxylic acids is 2. The molecule has 3 aliphatic rings. The molecule has 2 amide bonds. The second-order valence-corrected chi connectivity index (χ2v) is 9.22. The summed E-state index contributed by atoms with van der Waals surface area (Å²) in [6.45, 7) is 1.72. The first-order chi connectivity index (χ1) is 14.0. The number of benzene rings is 1. The van der Waals surface area contributed by atoms with Crippen molar-refractivity contribution >= 4 is 17.5 Å². The molecule has 0 unspecified atom stereocenters. The number of likely N-dealkylation sites (tertiary alicyclic amines) is 1. The zero-order chi connectivity index (χ0) is 20.4. The van der Waals surface area contributed by atoms with Gasteiger partial charge in [0.1, 0.15) is 0 Å². The summed E-state index contributed by atoms with van der Waals surface area (Å²) in [5.74, 6) is 0.958. The molecule has 1 aromatic rings. The summed E-state index contributed by atoms with van der Waals surface area (Å²) in [6, 6.07) is 8.78. The Morgan fingerprint density at radius 2 is 1.69 bits per heavy atom. The van der Waals surface area contributed by atoms with Crippen LogP contribution in [0.2, 0.25) is 0 Å². The maximum absolute atomic E-state index is 12.6. The van der Waals surface area contributed by atoms with Gasteiger partial charge in [-0.3, -0.25) is 14.5 Å². The monoisotopic (exact) mass is 398 g/mol. The second-order valence-electron chi connectivity index (χ2n) is 9.22. The van der Waals surface area contributed by atoms with Crippen LogP contribution in [-0.2, 0) is 4.79 Å². The lowest BCUT2D eigenvalue weighted by atomic mass is 10.1. The third-order valence-corrected chi connectivity index (χ3v) is 6.44. The second kappa shape index (κ2) is 8.74. The number of rotatable bonds is 9. The molecule has 158 valence electrons. The lowest BCUT2D eigenvalue weighted by Gasteiger charge is -2.30. The number of hydrogen-bond acceptors (Lipinski definition) is 4. The smallest absolute Gasteiger partial charge is 0.251 e. The fourth-order valence-corrected chi connectivity index (χ4v) is 4.30. The average Bonchev–Trinajstić information content (AvgIpc) is 3.62. The van der Waals surface area contributed by atoms with E-state index in [2.05, 4.69) is 15.5 Å². The molecule has 1 aliphatic heterocycles. The Bertz CT molecular complexity index is 725. The molecule has 0 aromatic heterocycles. The molecule has 0 bridgehead atoms. The van der Waals surface area contributed by atoms with Crippen LogP contribution in [0.4, 0.5) is 5.69 Å². The highest BCUT2D eigenvalue weighted by Gasteiger charge is 2.38. The Hall–Kier alpha value is -2.08. The van der Waals surface area contributed by atoms with Crippen molar-refractivity contribution < 1.29 is 9.59 Å². The van der Waals surface area contributed by atoms with Gasteiger partial charge in [-0.2, -0.15) is 0 Å². The average molecular weight is 399 g/mol. The molecule has 0 spiro atoms. The van der Waals surface area contributed by atoms with E-state index in [1.54, 1.807) is 0 Å². The van der Waals surface area contributed by atoms with E-state index in [4.69, 9.17) is 0 Å². The Kier molecular flexibility index (Phi) is 6.09. The van der Waals surface area contributed by atoms with Gasteiger partial charge in [0.25, 0.3) is 5.91 Å². The van der Waals surface area contributed by atoms with Gasteiger partial charge < -0.3 is 15.5 Å². The number of nitrogens with one attached hydrogen (secondary N) is 2. The molecule has 1 aromatic carbocycles. The minimum Gasteiger partial charge on any atom is -0.378 e. The molecule has 2 aliphatic carbocycles. The van der Waals surface area contributed by atoms with E-state index in [0.717, 1.165) is 43.8 Å². The lowest BCUT2D eigenvalue weighted by Crippen LogP contribution is -2.45. The predicted molar refractivity (Wildman–Crippen MR) is 115 cm³/mol. The Labute approximate surface area is 174 Å².